The minimum Gasteiger partial charge on any atom is -0.435 e. The SMILES string of the molecule is Cc1nn(CC(=O)NC(c2ccccc2)c2ccc(OC(F)F)cc2)c(C)c1[N+](=O)[O-]. The fourth-order valence-electron chi connectivity index (χ4n) is 3.29. The van der Waals surface area contributed by atoms with Gasteiger partial charge in [0.15, 0.2) is 0 Å². The van der Waals surface area contributed by atoms with Crippen LogP contribution in [0.1, 0.15) is 28.6 Å². The van der Waals surface area contributed by atoms with Gasteiger partial charge in [0.2, 0.25) is 5.91 Å². The number of rotatable bonds is 8. The van der Waals surface area contributed by atoms with Crippen LogP contribution in [0.15, 0.2) is 54.6 Å². The van der Waals surface area contributed by atoms with E-state index in [2.05, 4.69) is 15.2 Å². The molecule has 2 aromatic carbocycles. The summed E-state index contributed by atoms with van der Waals surface area (Å²) in [4.78, 5) is 23.4. The third-order valence-electron chi connectivity index (χ3n) is 4.70. The third-order valence-corrected chi connectivity index (χ3v) is 4.70. The lowest BCUT2D eigenvalue weighted by Crippen LogP contribution is -2.32. The first-order valence-corrected chi connectivity index (χ1v) is 9.33. The summed E-state index contributed by atoms with van der Waals surface area (Å²) >= 11 is 0. The fraction of sp³-hybridized carbons (Fsp3) is 0.238. The van der Waals surface area contributed by atoms with E-state index in [0.29, 0.717) is 5.56 Å². The molecule has 10 heteroatoms. The largest absolute Gasteiger partial charge is 0.435 e. The Morgan fingerprint density at radius 1 is 1.13 bits per heavy atom. The zero-order valence-electron chi connectivity index (χ0n) is 16.8. The second kappa shape index (κ2) is 9.33. The van der Waals surface area contributed by atoms with Crippen LogP contribution in [0.5, 0.6) is 5.75 Å². The van der Waals surface area contributed by atoms with Crippen molar-refractivity contribution in [3.63, 3.8) is 0 Å². The topological polar surface area (TPSA) is 99.3 Å². The number of alkyl halides is 2. The third kappa shape index (κ3) is 5.21. The van der Waals surface area contributed by atoms with Gasteiger partial charge in [0.1, 0.15) is 23.7 Å². The summed E-state index contributed by atoms with van der Waals surface area (Å²) in [6.07, 6.45) is 0. The molecular formula is C21H20F2N4O4. The van der Waals surface area contributed by atoms with E-state index in [1.54, 1.807) is 12.1 Å². The standard InChI is InChI=1S/C21H20F2N4O4/c1-13-20(27(29)30)14(2)26(25-13)12-18(28)24-19(15-6-4-3-5-7-15)16-8-10-17(11-9-16)31-21(22)23/h3-11,19,21H,12H2,1-2H3,(H,24,28). The number of amides is 1. The van der Waals surface area contributed by atoms with Crippen molar-refractivity contribution in [1.29, 1.82) is 0 Å². The van der Waals surface area contributed by atoms with Gasteiger partial charge in [-0.1, -0.05) is 42.5 Å². The fourth-order valence-corrected chi connectivity index (χ4v) is 3.29. The Bertz CT molecular complexity index is 1070. The molecule has 0 aliphatic rings. The molecule has 31 heavy (non-hydrogen) atoms. The van der Waals surface area contributed by atoms with Crippen molar-refractivity contribution in [1.82, 2.24) is 15.1 Å². The molecule has 3 rings (SSSR count). The molecule has 1 N–H and O–H groups in total. The van der Waals surface area contributed by atoms with Crippen LogP contribution in [-0.4, -0.2) is 27.2 Å². The number of nitro groups is 1. The van der Waals surface area contributed by atoms with Crippen molar-refractivity contribution in [2.24, 2.45) is 0 Å². The lowest BCUT2D eigenvalue weighted by Gasteiger charge is -2.20. The maximum absolute atomic E-state index is 12.8. The highest BCUT2D eigenvalue weighted by Gasteiger charge is 2.24. The maximum atomic E-state index is 12.8. The van der Waals surface area contributed by atoms with Crippen LogP contribution in [0.4, 0.5) is 14.5 Å². The molecule has 0 aliphatic carbocycles. The van der Waals surface area contributed by atoms with E-state index < -0.39 is 23.5 Å². The molecule has 1 atom stereocenters. The number of aromatic nitrogens is 2. The van der Waals surface area contributed by atoms with E-state index in [0.717, 1.165) is 5.56 Å². The van der Waals surface area contributed by atoms with Crippen LogP contribution in [0.2, 0.25) is 0 Å². The molecule has 0 radical (unpaired) electrons. The number of hydrogen-bond acceptors (Lipinski definition) is 5. The Labute approximate surface area is 176 Å². The first-order valence-electron chi connectivity index (χ1n) is 9.33. The number of carbonyl (C=O) groups excluding carboxylic acids is 1. The maximum Gasteiger partial charge on any atom is 0.387 e. The second-order valence-corrected chi connectivity index (χ2v) is 6.79. The molecule has 0 aliphatic heterocycles. The number of aryl methyl sites for hydroxylation is 1. The van der Waals surface area contributed by atoms with Crippen molar-refractivity contribution >= 4 is 11.6 Å². The molecule has 0 fully saturated rings. The summed E-state index contributed by atoms with van der Waals surface area (Å²) in [5.74, 6) is -0.408. The van der Waals surface area contributed by atoms with Gasteiger partial charge in [-0.05, 0) is 37.1 Å². The Hall–Kier alpha value is -3.82. The normalized spacial score (nSPS) is 11.9. The number of hydrogen-bond donors (Lipinski definition) is 1. The van der Waals surface area contributed by atoms with Gasteiger partial charge >= 0.3 is 12.3 Å². The molecular weight excluding hydrogens is 410 g/mol. The summed E-state index contributed by atoms with van der Waals surface area (Å²) in [5.41, 5.74) is 1.81. The van der Waals surface area contributed by atoms with Gasteiger partial charge < -0.3 is 10.1 Å². The van der Waals surface area contributed by atoms with Crippen LogP contribution < -0.4 is 10.1 Å². The molecule has 1 aromatic heterocycles. The van der Waals surface area contributed by atoms with E-state index >= 15 is 0 Å². The van der Waals surface area contributed by atoms with Gasteiger partial charge in [0.25, 0.3) is 0 Å². The molecule has 0 saturated heterocycles. The Morgan fingerprint density at radius 2 is 1.74 bits per heavy atom. The van der Waals surface area contributed by atoms with E-state index in [1.165, 1.54) is 30.7 Å². The van der Waals surface area contributed by atoms with Crippen molar-refractivity contribution in [3.8, 4) is 5.75 Å². The molecule has 1 heterocycles. The molecule has 1 unspecified atom stereocenters. The number of halogens is 2. The van der Waals surface area contributed by atoms with Crippen LogP contribution in [0.25, 0.3) is 0 Å². The van der Waals surface area contributed by atoms with E-state index in [-0.39, 0.29) is 29.4 Å². The molecule has 8 nitrogen and oxygen atoms in total. The summed E-state index contributed by atoms with van der Waals surface area (Å²) < 4.78 is 30.5. The number of ether oxygens (including phenoxy) is 1. The highest BCUT2D eigenvalue weighted by Crippen LogP contribution is 2.25. The van der Waals surface area contributed by atoms with Gasteiger partial charge in [-0.2, -0.15) is 13.9 Å². The predicted molar refractivity (Wildman–Crippen MR) is 108 cm³/mol. The number of nitrogens with zero attached hydrogens (tertiary/aromatic N) is 3. The van der Waals surface area contributed by atoms with Gasteiger partial charge in [-0.3, -0.25) is 19.6 Å². The Balaban J connectivity index is 1.84. The lowest BCUT2D eigenvalue weighted by molar-refractivity contribution is -0.386. The quantitative estimate of drug-likeness (QED) is 0.431. The molecule has 1 amide bonds. The highest BCUT2D eigenvalue weighted by molar-refractivity contribution is 5.77. The van der Waals surface area contributed by atoms with Crippen molar-refractivity contribution < 1.29 is 23.2 Å². The number of benzene rings is 2. The first-order chi connectivity index (χ1) is 14.8. The van der Waals surface area contributed by atoms with Crippen molar-refractivity contribution in [3.05, 3.63) is 87.2 Å². The Kier molecular flexibility index (Phi) is 6.58. The molecule has 0 spiro atoms. The minimum atomic E-state index is -2.93. The average molecular weight is 430 g/mol. The van der Waals surface area contributed by atoms with Gasteiger partial charge in [-0.25, -0.2) is 0 Å². The number of carbonyl (C=O) groups is 1. The number of nitrogens with one attached hydrogen (secondary N) is 1. The monoisotopic (exact) mass is 430 g/mol. The Morgan fingerprint density at radius 3 is 2.29 bits per heavy atom. The minimum absolute atomic E-state index is 0.00633. The summed E-state index contributed by atoms with van der Waals surface area (Å²) in [5, 5.41) is 18.2. The molecule has 0 bridgehead atoms. The van der Waals surface area contributed by atoms with Crippen molar-refractivity contribution in [2.75, 3.05) is 0 Å². The summed E-state index contributed by atoms with van der Waals surface area (Å²) in [6.45, 7) is -0.103. The molecule has 162 valence electrons. The summed E-state index contributed by atoms with van der Waals surface area (Å²) in [6, 6.07) is 14.5. The smallest absolute Gasteiger partial charge is 0.387 e. The van der Waals surface area contributed by atoms with Gasteiger partial charge in [0.05, 0.1) is 11.0 Å². The van der Waals surface area contributed by atoms with Crippen LogP contribution in [0.3, 0.4) is 0 Å². The molecule has 3 aromatic rings. The van der Waals surface area contributed by atoms with Crippen LogP contribution in [-0.2, 0) is 11.3 Å². The van der Waals surface area contributed by atoms with E-state index in [9.17, 15) is 23.7 Å². The zero-order chi connectivity index (χ0) is 22.5. The second-order valence-electron chi connectivity index (χ2n) is 6.79. The zero-order valence-corrected chi connectivity index (χ0v) is 16.8. The van der Waals surface area contributed by atoms with Crippen LogP contribution in [0, 0.1) is 24.0 Å². The van der Waals surface area contributed by atoms with Crippen LogP contribution >= 0.6 is 0 Å². The van der Waals surface area contributed by atoms with Gasteiger partial charge in [-0.15, -0.1) is 0 Å². The summed E-state index contributed by atoms with van der Waals surface area (Å²) in [7, 11) is 0. The van der Waals surface area contributed by atoms with E-state index in [1.807, 2.05) is 30.3 Å². The van der Waals surface area contributed by atoms with Crippen molar-refractivity contribution in [2.45, 2.75) is 33.0 Å². The van der Waals surface area contributed by atoms with E-state index in [4.69, 9.17) is 0 Å². The highest BCUT2D eigenvalue weighted by atomic mass is 19.3. The average Bonchev–Trinajstić information content (AvgIpc) is 3.00. The molecule has 0 saturated carbocycles. The first kappa shape index (κ1) is 21.9. The lowest BCUT2D eigenvalue weighted by atomic mass is 9.98. The van der Waals surface area contributed by atoms with Gasteiger partial charge in [0, 0.05) is 0 Å². The predicted octanol–water partition coefficient (Wildman–Crippen LogP) is 3.92.